The lowest BCUT2D eigenvalue weighted by atomic mass is 9.85. The van der Waals surface area contributed by atoms with Gasteiger partial charge in [-0.2, -0.15) is 5.10 Å². The Bertz CT molecular complexity index is 319. The highest BCUT2D eigenvalue weighted by Gasteiger charge is 2.18. The number of hydrogen-bond donors (Lipinski definition) is 1. The normalized spacial score (nSPS) is 19.8. The van der Waals surface area contributed by atoms with Crippen LogP contribution in [0.15, 0.2) is 17.3 Å². The summed E-state index contributed by atoms with van der Waals surface area (Å²) in [6.45, 7) is 0.942. The first-order chi connectivity index (χ1) is 6.25. The molecule has 1 heterocycles. The summed E-state index contributed by atoms with van der Waals surface area (Å²) in [6.07, 6.45) is 5.77. The van der Waals surface area contributed by atoms with Crippen LogP contribution in [0.3, 0.4) is 0 Å². The predicted octanol–water partition coefficient (Wildman–Crippen LogP) is 0.664. The number of aromatic nitrogens is 2. The van der Waals surface area contributed by atoms with E-state index in [9.17, 15) is 4.21 Å². The van der Waals surface area contributed by atoms with Gasteiger partial charge in [-0.15, -0.1) is 0 Å². The minimum Gasteiger partial charge on any atom is -0.271 e. The maximum atomic E-state index is 10.8. The maximum Gasteiger partial charge on any atom is 0.164 e. The molecule has 2 rings (SSSR count). The van der Waals surface area contributed by atoms with Crippen LogP contribution in [0, 0.1) is 5.92 Å². The second-order valence-electron chi connectivity index (χ2n) is 3.47. The summed E-state index contributed by atoms with van der Waals surface area (Å²) >= 11 is 0. The molecule has 1 fully saturated rings. The second kappa shape index (κ2) is 3.59. The fraction of sp³-hybridized carbons (Fsp3) is 0.625. The second-order valence-corrected chi connectivity index (χ2v) is 4.48. The summed E-state index contributed by atoms with van der Waals surface area (Å²) in [5.74, 6) is 0.763. The smallest absolute Gasteiger partial charge is 0.164 e. The molecule has 1 aromatic heterocycles. The van der Waals surface area contributed by atoms with Crippen LogP contribution in [0.1, 0.15) is 19.3 Å². The lowest BCUT2D eigenvalue weighted by Crippen LogP contribution is -2.18. The van der Waals surface area contributed by atoms with Gasteiger partial charge in [-0.05, 0) is 24.8 Å². The molecule has 4 nitrogen and oxygen atoms in total. The molecule has 0 radical (unpaired) electrons. The predicted molar refractivity (Wildman–Crippen MR) is 50.2 cm³/mol. The molecule has 1 aliphatic rings. The summed E-state index contributed by atoms with van der Waals surface area (Å²) < 4.78 is 12.7. The van der Waals surface area contributed by atoms with Gasteiger partial charge in [0.2, 0.25) is 0 Å². The molecule has 0 aromatic carbocycles. The molecule has 1 aliphatic carbocycles. The lowest BCUT2D eigenvalue weighted by Gasteiger charge is -2.24. The standard InChI is InChI=1S/C8H13N3OS/c9-13(12)8-4-5-11(10-8)6-7-2-1-3-7/h4-5,7H,1-3,6,9H2. The zero-order valence-corrected chi connectivity index (χ0v) is 8.17. The Morgan fingerprint density at radius 3 is 2.92 bits per heavy atom. The van der Waals surface area contributed by atoms with E-state index in [1.54, 1.807) is 6.07 Å². The molecule has 0 bridgehead atoms. The molecule has 0 aliphatic heterocycles. The average Bonchev–Trinajstić information content (AvgIpc) is 2.44. The minimum atomic E-state index is -1.44. The average molecular weight is 199 g/mol. The Labute approximate surface area is 79.7 Å². The van der Waals surface area contributed by atoms with Gasteiger partial charge in [0.05, 0.1) is 0 Å². The molecule has 72 valence electrons. The Morgan fingerprint density at radius 1 is 1.69 bits per heavy atom. The van der Waals surface area contributed by atoms with Crippen LogP contribution in [0.5, 0.6) is 0 Å². The van der Waals surface area contributed by atoms with Crippen LogP contribution in [0.2, 0.25) is 0 Å². The van der Waals surface area contributed by atoms with E-state index in [1.165, 1.54) is 19.3 Å². The fourth-order valence-electron chi connectivity index (χ4n) is 1.49. The van der Waals surface area contributed by atoms with E-state index < -0.39 is 11.0 Å². The number of hydrogen-bond acceptors (Lipinski definition) is 2. The molecule has 0 amide bonds. The highest BCUT2D eigenvalue weighted by atomic mass is 32.2. The zero-order valence-electron chi connectivity index (χ0n) is 7.35. The van der Waals surface area contributed by atoms with E-state index in [-0.39, 0.29) is 0 Å². The van der Waals surface area contributed by atoms with Crippen molar-refractivity contribution < 1.29 is 4.21 Å². The van der Waals surface area contributed by atoms with E-state index in [0.29, 0.717) is 5.03 Å². The summed E-state index contributed by atoms with van der Waals surface area (Å²) in [5, 5.41) is 9.80. The first-order valence-electron chi connectivity index (χ1n) is 4.45. The van der Waals surface area contributed by atoms with Gasteiger partial charge in [0.1, 0.15) is 11.0 Å². The molecule has 0 spiro atoms. The molecule has 0 saturated heterocycles. The van der Waals surface area contributed by atoms with Crippen molar-refractivity contribution in [2.24, 2.45) is 11.1 Å². The van der Waals surface area contributed by atoms with E-state index >= 15 is 0 Å². The Kier molecular flexibility index (Phi) is 2.46. The Morgan fingerprint density at radius 2 is 2.46 bits per heavy atom. The monoisotopic (exact) mass is 199 g/mol. The largest absolute Gasteiger partial charge is 0.271 e. The van der Waals surface area contributed by atoms with Gasteiger partial charge in [0.25, 0.3) is 0 Å². The topological polar surface area (TPSA) is 60.9 Å². The van der Waals surface area contributed by atoms with Crippen molar-refractivity contribution in [3.8, 4) is 0 Å². The van der Waals surface area contributed by atoms with Crippen molar-refractivity contribution in [1.29, 1.82) is 0 Å². The van der Waals surface area contributed by atoms with Gasteiger partial charge < -0.3 is 0 Å². The van der Waals surface area contributed by atoms with Gasteiger partial charge >= 0.3 is 0 Å². The summed E-state index contributed by atoms with van der Waals surface area (Å²) in [4.78, 5) is 0. The zero-order chi connectivity index (χ0) is 9.26. The van der Waals surface area contributed by atoms with Crippen LogP contribution in [0.25, 0.3) is 0 Å². The highest BCUT2D eigenvalue weighted by Crippen LogP contribution is 2.27. The number of nitrogens with two attached hydrogens (primary N) is 1. The first kappa shape index (κ1) is 8.90. The third-order valence-electron chi connectivity index (χ3n) is 2.49. The van der Waals surface area contributed by atoms with Gasteiger partial charge in [-0.1, -0.05) is 6.42 Å². The molecule has 1 unspecified atom stereocenters. The highest BCUT2D eigenvalue weighted by molar-refractivity contribution is 7.82. The Balaban J connectivity index is 2.00. The van der Waals surface area contributed by atoms with Crippen molar-refractivity contribution >= 4 is 11.0 Å². The van der Waals surface area contributed by atoms with Crippen molar-refractivity contribution in [1.82, 2.24) is 9.78 Å². The van der Waals surface area contributed by atoms with Crippen molar-refractivity contribution in [3.63, 3.8) is 0 Å². The number of nitrogens with zero attached hydrogens (tertiary/aromatic N) is 2. The van der Waals surface area contributed by atoms with Gasteiger partial charge in [-0.3, -0.25) is 4.68 Å². The third kappa shape index (κ3) is 1.97. The molecule has 5 heteroatoms. The van der Waals surface area contributed by atoms with E-state index in [0.717, 1.165) is 12.5 Å². The summed E-state index contributed by atoms with van der Waals surface area (Å²) in [5.41, 5.74) is 0. The Hall–Kier alpha value is -0.680. The van der Waals surface area contributed by atoms with Crippen LogP contribution >= 0.6 is 0 Å². The van der Waals surface area contributed by atoms with Crippen LogP contribution in [-0.2, 0) is 17.5 Å². The molecule has 1 saturated carbocycles. The molecule has 1 atom stereocenters. The van der Waals surface area contributed by atoms with E-state index in [1.807, 2.05) is 10.9 Å². The maximum absolute atomic E-state index is 10.8. The molecule has 13 heavy (non-hydrogen) atoms. The molecular weight excluding hydrogens is 186 g/mol. The van der Waals surface area contributed by atoms with Crippen LogP contribution in [-0.4, -0.2) is 14.0 Å². The quantitative estimate of drug-likeness (QED) is 0.777. The van der Waals surface area contributed by atoms with Crippen LogP contribution < -0.4 is 5.14 Å². The van der Waals surface area contributed by atoms with E-state index in [4.69, 9.17) is 5.14 Å². The summed E-state index contributed by atoms with van der Waals surface area (Å²) in [6, 6.07) is 1.72. The van der Waals surface area contributed by atoms with Gasteiger partial charge in [-0.25, -0.2) is 9.35 Å². The van der Waals surface area contributed by atoms with Gasteiger partial charge in [0, 0.05) is 12.7 Å². The van der Waals surface area contributed by atoms with Crippen molar-refractivity contribution in [2.75, 3.05) is 0 Å². The van der Waals surface area contributed by atoms with E-state index in [2.05, 4.69) is 5.10 Å². The molecule has 2 N–H and O–H groups in total. The fourth-order valence-corrected chi connectivity index (χ4v) is 1.87. The van der Waals surface area contributed by atoms with Crippen molar-refractivity contribution in [3.05, 3.63) is 12.3 Å². The lowest BCUT2D eigenvalue weighted by molar-refractivity contribution is 0.265. The first-order valence-corrected chi connectivity index (χ1v) is 5.66. The number of rotatable bonds is 3. The minimum absolute atomic E-state index is 0.472. The van der Waals surface area contributed by atoms with Crippen molar-refractivity contribution in [2.45, 2.75) is 30.8 Å². The molecular formula is C8H13N3OS. The molecule has 1 aromatic rings. The SMILES string of the molecule is NS(=O)c1ccn(CC2CCC2)n1. The van der Waals surface area contributed by atoms with Crippen LogP contribution in [0.4, 0.5) is 0 Å². The van der Waals surface area contributed by atoms with Gasteiger partial charge in [0.15, 0.2) is 5.03 Å². The third-order valence-corrected chi connectivity index (χ3v) is 3.12. The summed E-state index contributed by atoms with van der Waals surface area (Å²) in [7, 11) is -1.44.